The normalized spacial score (nSPS) is 11.3. The van der Waals surface area contributed by atoms with Crippen molar-refractivity contribution in [3.8, 4) is 0 Å². The zero-order chi connectivity index (χ0) is 12.5. The van der Waals surface area contributed by atoms with Gasteiger partial charge in [-0.05, 0) is 25.2 Å². The Labute approximate surface area is 106 Å². The van der Waals surface area contributed by atoms with Crippen LogP contribution in [0.1, 0.15) is 65.0 Å². The maximum Gasteiger partial charge on any atom is 0.0725 e. The van der Waals surface area contributed by atoms with Crippen LogP contribution in [0.5, 0.6) is 0 Å². The molecular formula is C14H27N3. The molecule has 0 spiro atoms. The van der Waals surface area contributed by atoms with Gasteiger partial charge in [0.2, 0.25) is 0 Å². The van der Waals surface area contributed by atoms with Crippen LogP contribution in [0.3, 0.4) is 0 Å². The Bertz CT molecular complexity index is 291. The predicted octanol–water partition coefficient (Wildman–Crippen LogP) is 3.84. The van der Waals surface area contributed by atoms with Crippen molar-refractivity contribution in [2.45, 2.75) is 72.3 Å². The molecule has 1 rings (SSSR count). The van der Waals surface area contributed by atoms with Crippen molar-refractivity contribution in [3.63, 3.8) is 0 Å². The molecule has 0 aliphatic heterocycles. The molecule has 0 aliphatic carbocycles. The van der Waals surface area contributed by atoms with E-state index < -0.39 is 0 Å². The molecule has 0 N–H and O–H groups in total. The van der Waals surface area contributed by atoms with Gasteiger partial charge in [0.25, 0.3) is 0 Å². The quantitative estimate of drug-likeness (QED) is 0.611. The summed E-state index contributed by atoms with van der Waals surface area (Å²) in [4.78, 5) is 0. The van der Waals surface area contributed by atoms with Crippen molar-refractivity contribution in [1.82, 2.24) is 15.0 Å². The van der Waals surface area contributed by atoms with Gasteiger partial charge in [0.05, 0.1) is 11.9 Å². The molecule has 0 radical (unpaired) electrons. The molecule has 0 aliphatic rings. The largest absolute Gasteiger partial charge is 0.249 e. The number of unbranched alkanes of at least 4 members (excludes halogenated alkanes) is 3. The molecule has 0 bridgehead atoms. The number of nitrogens with zero attached hydrogens (tertiary/aromatic N) is 3. The van der Waals surface area contributed by atoms with Crippen molar-refractivity contribution >= 4 is 0 Å². The smallest absolute Gasteiger partial charge is 0.0725 e. The first kappa shape index (κ1) is 14.2. The van der Waals surface area contributed by atoms with Gasteiger partial charge < -0.3 is 0 Å². The molecular weight excluding hydrogens is 210 g/mol. The highest BCUT2D eigenvalue weighted by molar-refractivity contribution is 4.93. The van der Waals surface area contributed by atoms with E-state index in [-0.39, 0.29) is 0 Å². The number of hydrogen-bond acceptors (Lipinski definition) is 2. The fourth-order valence-corrected chi connectivity index (χ4v) is 2.04. The van der Waals surface area contributed by atoms with Crippen molar-refractivity contribution in [3.05, 3.63) is 11.9 Å². The van der Waals surface area contributed by atoms with Gasteiger partial charge >= 0.3 is 0 Å². The SMILES string of the molecule is CCCCCCn1nncc1CCCC(C)C. The van der Waals surface area contributed by atoms with Crippen LogP contribution in [-0.2, 0) is 13.0 Å². The van der Waals surface area contributed by atoms with E-state index in [0.29, 0.717) is 0 Å². The van der Waals surface area contributed by atoms with Crippen molar-refractivity contribution in [1.29, 1.82) is 0 Å². The second-order valence-electron chi connectivity index (χ2n) is 5.30. The summed E-state index contributed by atoms with van der Waals surface area (Å²) >= 11 is 0. The Kier molecular flexibility index (Phi) is 6.90. The molecule has 0 saturated carbocycles. The fourth-order valence-electron chi connectivity index (χ4n) is 2.04. The fraction of sp³-hybridized carbons (Fsp3) is 0.857. The van der Waals surface area contributed by atoms with Crippen LogP contribution in [0, 0.1) is 5.92 Å². The number of hydrogen-bond donors (Lipinski definition) is 0. The topological polar surface area (TPSA) is 30.7 Å². The summed E-state index contributed by atoms with van der Waals surface area (Å²) in [5.74, 6) is 0.795. The molecule has 0 saturated heterocycles. The predicted molar refractivity (Wildman–Crippen MR) is 71.9 cm³/mol. The van der Waals surface area contributed by atoms with Crippen molar-refractivity contribution < 1.29 is 0 Å². The van der Waals surface area contributed by atoms with E-state index in [0.717, 1.165) is 18.9 Å². The van der Waals surface area contributed by atoms with Crippen LogP contribution in [0.25, 0.3) is 0 Å². The summed E-state index contributed by atoms with van der Waals surface area (Å²) in [7, 11) is 0. The molecule has 98 valence electrons. The highest BCUT2D eigenvalue weighted by Gasteiger charge is 2.04. The first-order valence-electron chi connectivity index (χ1n) is 7.11. The average Bonchev–Trinajstić information content (AvgIpc) is 2.72. The molecule has 3 heteroatoms. The number of rotatable bonds is 9. The Hall–Kier alpha value is -0.860. The highest BCUT2D eigenvalue weighted by Crippen LogP contribution is 2.10. The van der Waals surface area contributed by atoms with Gasteiger partial charge in [0.1, 0.15) is 0 Å². The third-order valence-corrected chi connectivity index (χ3v) is 3.14. The summed E-state index contributed by atoms with van der Waals surface area (Å²) in [5.41, 5.74) is 1.31. The standard InChI is InChI=1S/C14H27N3/c1-4-5-6-7-11-17-14(12-15-16-17)10-8-9-13(2)3/h12-13H,4-11H2,1-3H3. The lowest BCUT2D eigenvalue weighted by atomic mass is 10.1. The molecule has 3 nitrogen and oxygen atoms in total. The number of aryl methyl sites for hydroxylation is 2. The monoisotopic (exact) mass is 237 g/mol. The summed E-state index contributed by atoms with van der Waals surface area (Å²) in [6.07, 6.45) is 10.8. The molecule has 17 heavy (non-hydrogen) atoms. The summed E-state index contributed by atoms with van der Waals surface area (Å²) < 4.78 is 2.09. The van der Waals surface area contributed by atoms with Gasteiger partial charge in [-0.15, -0.1) is 5.10 Å². The molecule has 1 aromatic rings. The third kappa shape index (κ3) is 5.85. The zero-order valence-electron chi connectivity index (χ0n) is 11.7. The molecule has 0 amide bonds. The summed E-state index contributed by atoms with van der Waals surface area (Å²) in [6.45, 7) is 7.84. The molecule has 0 unspecified atom stereocenters. The second kappa shape index (κ2) is 8.26. The van der Waals surface area contributed by atoms with Gasteiger partial charge in [0.15, 0.2) is 0 Å². The minimum absolute atomic E-state index is 0.795. The maximum atomic E-state index is 4.18. The minimum atomic E-state index is 0.795. The van der Waals surface area contributed by atoms with E-state index in [9.17, 15) is 0 Å². The van der Waals surface area contributed by atoms with Gasteiger partial charge in [-0.25, -0.2) is 4.68 Å². The van der Waals surface area contributed by atoms with Crippen LogP contribution >= 0.6 is 0 Å². The minimum Gasteiger partial charge on any atom is -0.249 e. The van der Waals surface area contributed by atoms with Gasteiger partial charge in [-0.1, -0.05) is 51.7 Å². The van der Waals surface area contributed by atoms with E-state index >= 15 is 0 Å². The van der Waals surface area contributed by atoms with Crippen LogP contribution in [0.2, 0.25) is 0 Å². The van der Waals surface area contributed by atoms with E-state index in [1.54, 1.807) is 0 Å². The van der Waals surface area contributed by atoms with Gasteiger partial charge in [0, 0.05) is 6.54 Å². The molecule has 0 fully saturated rings. The summed E-state index contributed by atoms with van der Waals surface area (Å²) in [6, 6.07) is 0. The first-order valence-corrected chi connectivity index (χ1v) is 7.11. The van der Waals surface area contributed by atoms with Crippen LogP contribution in [0.4, 0.5) is 0 Å². The lowest BCUT2D eigenvalue weighted by molar-refractivity contribution is 0.496. The van der Waals surface area contributed by atoms with E-state index in [2.05, 4.69) is 35.8 Å². The van der Waals surface area contributed by atoms with Crippen LogP contribution in [-0.4, -0.2) is 15.0 Å². The van der Waals surface area contributed by atoms with E-state index in [1.165, 1.54) is 44.2 Å². The molecule has 0 aromatic carbocycles. The lowest BCUT2D eigenvalue weighted by Gasteiger charge is -2.07. The Morgan fingerprint density at radius 2 is 2.00 bits per heavy atom. The first-order chi connectivity index (χ1) is 8.24. The maximum absolute atomic E-state index is 4.18. The van der Waals surface area contributed by atoms with Crippen LogP contribution in [0.15, 0.2) is 6.20 Å². The lowest BCUT2D eigenvalue weighted by Crippen LogP contribution is -2.06. The third-order valence-electron chi connectivity index (χ3n) is 3.14. The average molecular weight is 237 g/mol. The molecule has 0 atom stereocenters. The number of aromatic nitrogens is 3. The van der Waals surface area contributed by atoms with Gasteiger partial charge in [-0.2, -0.15) is 0 Å². The molecule has 1 aromatic heterocycles. The second-order valence-corrected chi connectivity index (χ2v) is 5.30. The van der Waals surface area contributed by atoms with Crippen molar-refractivity contribution in [2.24, 2.45) is 5.92 Å². The Morgan fingerprint density at radius 1 is 1.18 bits per heavy atom. The molecule has 1 heterocycles. The summed E-state index contributed by atoms with van der Waals surface area (Å²) in [5, 5.41) is 8.21. The van der Waals surface area contributed by atoms with E-state index in [1.807, 2.05) is 6.20 Å². The van der Waals surface area contributed by atoms with E-state index in [4.69, 9.17) is 0 Å². The van der Waals surface area contributed by atoms with Gasteiger partial charge in [-0.3, -0.25) is 0 Å². The Morgan fingerprint density at radius 3 is 2.71 bits per heavy atom. The van der Waals surface area contributed by atoms with Crippen LogP contribution < -0.4 is 0 Å². The zero-order valence-corrected chi connectivity index (χ0v) is 11.7. The highest BCUT2D eigenvalue weighted by atomic mass is 15.4. The Balaban J connectivity index is 2.27. The van der Waals surface area contributed by atoms with Crippen molar-refractivity contribution in [2.75, 3.05) is 0 Å².